The second-order valence-corrected chi connectivity index (χ2v) is 3.86. The van der Waals surface area contributed by atoms with Gasteiger partial charge in [0.05, 0.1) is 12.3 Å². The minimum atomic E-state index is 0.453. The van der Waals surface area contributed by atoms with E-state index in [0.717, 1.165) is 36.4 Å². The van der Waals surface area contributed by atoms with Gasteiger partial charge < -0.3 is 16.2 Å². The topological polar surface area (TPSA) is 73.6 Å². The van der Waals surface area contributed by atoms with Crippen LogP contribution in [0.1, 0.15) is 25.3 Å². The predicted octanol–water partition coefficient (Wildman–Crippen LogP) is 2.50. The summed E-state index contributed by atoms with van der Waals surface area (Å²) in [5, 5.41) is 0. The molecule has 0 amide bonds. The van der Waals surface area contributed by atoms with E-state index in [-0.39, 0.29) is 0 Å². The summed E-state index contributed by atoms with van der Waals surface area (Å²) in [4.78, 5) is 4.30. The summed E-state index contributed by atoms with van der Waals surface area (Å²) in [7, 11) is 0. The number of unbranched alkanes of at least 4 members (excludes halogenated alkanes) is 1. The summed E-state index contributed by atoms with van der Waals surface area (Å²) >= 11 is 0. The van der Waals surface area contributed by atoms with Gasteiger partial charge in [0.25, 0.3) is 0 Å². The molecule has 0 radical (unpaired) electrons. The maximum absolute atomic E-state index is 5.67. The van der Waals surface area contributed by atoms with E-state index in [2.05, 4.69) is 11.9 Å². The Hall–Kier alpha value is -1.81. The second-order valence-electron chi connectivity index (χ2n) is 3.86. The van der Waals surface area contributed by atoms with Gasteiger partial charge in [0.15, 0.2) is 0 Å². The van der Waals surface area contributed by atoms with E-state index in [9.17, 15) is 0 Å². The molecule has 4 N–H and O–H groups in total. The van der Waals surface area contributed by atoms with E-state index >= 15 is 0 Å². The molecule has 4 heteroatoms. The van der Waals surface area contributed by atoms with Crippen molar-refractivity contribution < 1.29 is 4.74 Å². The Bertz CT molecular complexity index is 414. The van der Waals surface area contributed by atoms with Crippen molar-refractivity contribution in [3.63, 3.8) is 0 Å². The molecular weight excluding hydrogens is 226 g/mol. The van der Waals surface area contributed by atoms with Crippen LogP contribution >= 0.6 is 0 Å². The van der Waals surface area contributed by atoms with Crippen molar-refractivity contribution in [1.29, 1.82) is 0 Å². The van der Waals surface area contributed by atoms with Crippen molar-refractivity contribution in [2.24, 2.45) is 16.5 Å². The van der Waals surface area contributed by atoms with Gasteiger partial charge in [0.1, 0.15) is 5.75 Å². The van der Waals surface area contributed by atoms with Crippen molar-refractivity contribution >= 4 is 11.9 Å². The minimum Gasteiger partial charge on any atom is -0.494 e. The van der Waals surface area contributed by atoms with Crippen molar-refractivity contribution in [2.45, 2.75) is 26.3 Å². The third-order valence-electron chi connectivity index (χ3n) is 2.45. The Labute approximate surface area is 108 Å². The predicted molar refractivity (Wildman–Crippen MR) is 76.2 cm³/mol. The van der Waals surface area contributed by atoms with Crippen LogP contribution in [0.3, 0.4) is 0 Å². The first-order chi connectivity index (χ1) is 8.81. The molecule has 4 nitrogen and oxygen atoms in total. The van der Waals surface area contributed by atoms with Crippen LogP contribution in [-0.2, 0) is 6.54 Å². The number of nitrogens with zero attached hydrogens (tertiary/aromatic N) is 1. The van der Waals surface area contributed by atoms with Crippen LogP contribution in [0.25, 0.3) is 0 Å². The molecule has 1 aromatic rings. The van der Waals surface area contributed by atoms with Gasteiger partial charge in [0.2, 0.25) is 0 Å². The maximum atomic E-state index is 5.67. The zero-order valence-corrected chi connectivity index (χ0v) is 10.8. The van der Waals surface area contributed by atoms with Gasteiger partial charge in [-0.3, -0.25) is 4.99 Å². The van der Waals surface area contributed by atoms with Crippen molar-refractivity contribution in [1.82, 2.24) is 0 Å². The summed E-state index contributed by atoms with van der Waals surface area (Å²) in [6.07, 6.45) is 6.92. The molecule has 0 atom stereocenters. The number of ether oxygens (including phenoxy) is 1. The Balaban J connectivity index is 2.80. The average Bonchev–Trinajstić information content (AvgIpc) is 2.40. The fourth-order valence-electron chi connectivity index (χ4n) is 1.43. The highest BCUT2D eigenvalue weighted by molar-refractivity contribution is 5.75. The molecule has 0 fully saturated rings. The third-order valence-corrected chi connectivity index (χ3v) is 2.45. The molecule has 0 saturated carbocycles. The molecule has 0 heterocycles. The Kier molecular flexibility index (Phi) is 6.58. The lowest BCUT2D eigenvalue weighted by molar-refractivity contribution is 0.309. The molecule has 0 unspecified atom stereocenters. The summed E-state index contributed by atoms with van der Waals surface area (Å²) in [5.74, 6) is 0.824. The van der Waals surface area contributed by atoms with Crippen LogP contribution in [0.15, 0.2) is 35.5 Å². The molecule has 98 valence electrons. The Morgan fingerprint density at radius 2 is 2.22 bits per heavy atom. The number of hydrogen-bond donors (Lipinski definition) is 2. The lowest BCUT2D eigenvalue weighted by Crippen LogP contribution is -1.99. The molecule has 0 aliphatic carbocycles. The van der Waals surface area contributed by atoms with Crippen molar-refractivity contribution in [2.75, 3.05) is 6.61 Å². The fraction of sp³-hybridized carbons (Fsp3) is 0.357. The molecule has 1 rings (SSSR count). The fourth-order valence-corrected chi connectivity index (χ4v) is 1.43. The average molecular weight is 247 g/mol. The molecule has 0 aromatic heterocycles. The SMILES string of the molecule is CCCCOc1ccc(CN)c(N=C/C=C\N)c1. The number of aliphatic imine (C=N–C) groups is 1. The van der Waals surface area contributed by atoms with E-state index in [1.807, 2.05) is 18.2 Å². The molecule has 0 bridgehead atoms. The Morgan fingerprint density at radius 3 is 2.89 bits per heavy atom. The van der Waals surface area contributed by atoms with Crippen LogP contribution in [0, 0.1) is 0 Å². The third kappa shape index (κ3) is 4.59. The monoisotopic (exact) mass is 247 g/mol. The first-order valence-corrected chi connectivity index (χ1v) is 6.18. The summed E-state index contributed by atoms with van der Waals surface area (Å²) in [6, 6.07) is 5.77. The lowest BCUT2D eigenvalue weighted by Gasteiger charge is -2.08. The van der Waals surface area contributed by atoms with Crippen LogP contribution in [-0.4, -0.2) is 12.8 Å². The van der Waals surface area contributed by atoms with E-state index < -0.39 is 0 Å². The summed E-state index contributed by atoms with van der Waals surface area (Å²) < 4.78 is 5.64. The molecule has 0 aliphatic rings. The number of nitrogens with two attached hydrogens (primary N) is 2. The zero-order chi connectivity index (χ0) is 13.2. The van der Waals surface area contributed by atoms with Crippen molar-refractivity contribution in [3.8, 4) is 5.75 Å². The number of allylic oxidation sites excluding steroid dienone is 1. The normalized spacial score (nSPS) is 11.4. The van der Waals surface area contributed by atoms with E-state index in [0.29, 0.717) is 6.54 Å². The lowest BCUT2D eigenvalue weighted by atomic mass is 10.1. The van der Waals surface area contributed by atoms with Gasteiger partial charge >= 0.3 is 0 Å². The highest BCUT2D eigenvalue weighted by atomic mass is 16.5. The molecule has 18 heavy (non-hydrogen) atoms. The number of benzene rings is 1. The number of hydrogen-bond acceptors (Lipinski definition) is 4. The standard InChI is InChI=1S/C14H21N3O/c1-2-3-9-18-13-6-5-12(11-16)14(10-13)17-8-4-7-15/h4-8,10H,2-3,9,11,15-16H2,1H3/b7-4-,17-8?. The summed E-state index contributed by atoms with van der Waals surface area (Å²) in [5.41, 5.74) is 12.7. The molecule has 0 aliphatic heterocycles. The molecule has 0 spiro atoms. The second kappa shape index (κ2) is 8.31. The van der Waals surface area contributed by atoms with Gasteiger partial charge in [-0.15, -0.1) is 0 Å². The van der Waals surface area contributed by atoms with E-state index in [1.165, 1.54) is 6.20 Å². The highest BCUT2D eigenvalue weighted by Crippen LogP contribution is 2.25. The van der Waals surface area contributed by atoms with Gasteiger partial charge in [0, 0.05) is 18.8 Å². The molecule has 0 saturated heterocycles. The smallest absolute Gasteiger partial charge is 0.121 e. The zero-order valence-electron chi connectivity index (χ0n) is 10.8. The highest BCUT2D eigenvalue weighted by Gasteiger charge is 2.02. The Morgan fingerprint density at radius 1 is 1.39 bits per heavy atom. The largest absolute Gasteiger partial charge is 0.494 e. The van der Waals surface area contributed by atoms with Gasteiger partial charge in [-0.25, -0.2) is 0 Å². The van der Waals surface area contributed by atoms with Gasteiger partial charge in [-0.1, -0.05) is 19.4 Å². The molecular formula is C14H21N3O. The van der Waals surface area contributed by atoms with Crippen LogP contribution < -0.4 is 16.2 Å². The summed E-state index contributed by atoms with van der Waals surface area (Å²) in [6.45, 7) is 3.31. The van der Waals surface area contributed by atoms with Crippen molar-refractivity contribution in [3.05, 3.63) is 36.0 Å². The first kappa shape index (κ1) is 14.3. The van der Waals surface area contributed by atoms with E-state index in [4.69, 9.17) is 16.2 Å². The van der Waals surface area contributed by atoms with Crippen LogP contribution in [0.5, 0.6) is 5.75 Å². The first-order valence-electron chi connectivity index (χ1n) is 6.18. The van der Waals surface area contributed by atoms with Gasteiger partial charge in [-0.2, -0.15) is 0 Å². The minimum absolute atomic E-state index is 0.453. The van der Waals surface area contributed by atoms with E-state index in [1.54, 1.807) is 12.3 Å². The molecule has 1 aromatic carbocycles. The number of rotatable bonds is 7. The quantitative estimate of drug-likeness (QED) is 0.574. The van der Waals surface area contributed by atoms with Crippen LogP contribution in [0.4, 0.5) is 5.69 Å². The van der Waals surface area contributed by atoms with Crippen LogP contribution in [0.2, 0.25) is 0 Å². The maximum Gasteiger partial charge on any atom is 0.121 e. The van der Waals surface area contributed by atoms with Gasteiger partial charge in [-0.05, 0) is 30.3 Å².